The molecule has 0 N–H and O–H groups in total. The molecule has 9 aromatic rings. The van der Waals surface area contributed by atoms with Crippen LogP contribution in [0.1, 0.15) is 11.3 Å². The monoisotopic (exact) mass is 638 g/mol. The fourth-order valence-electron chi connectivity index (χ4n) is 7.69. The van der Waals surface area contributed by atoms with Crippen molar-refractivity contribution in [3.8, 4) is 22.5 Å². The molecule has 2 nitrogen and oxygen atoms in total. The largest absolute Gasteiger partial charge is 0.309 e. The van der Waals surface area contributed by atoms with E-state index in [9.17, 15) is 0 Å². The van der Waals surface area contributed by atoms with Crippen LogP contribution in [0.3, 0.4) is 0 Å². The maximum absolute atomic E-state index is 4.35. The molecule has 2 heteroatoms. The molecule has 7 aromatic carbocycles. The van der Waals surface area contributed by atoms with Crippen LogP contribution in [-0.4, -0.2) is 9.13 Å². The first-order chi connectivity index (χ1) is 24.7. The highest BCUT2D eigenvalue weighted by molar-refractivity contribution is 6.16. The zero-order chi connectivity index (χ0) is 33.6. The molecule has 50 heavy (non-hydrogen) atoms. The summed E-state index contributed by atoms with van der Waals surface area (Å²) < 4.78 is 4.70. The number of hydrogen-bond donors (Lipinski definition) is 0. The predicted molar refractivity (Wildman–Crippen MR) is 216 cm³/mol. The lowest BCUT2D eigenvalue weighted by atomic mass is 10.0. The Morgan fingerprint density at radius 2 is 0.800 bits per heavy atom. The van der Waals surface area contributed by atoms with E-state index in [-0.39, 0.29) is 0 Å². The van der Waals surface area contributed by atoms with Crippen molar-refractivity contribution in [2.75, 3.05) is 0 Å². The van der Waals surface area contributed by atoms with Gasteiger partial charge in [-0.3, -0.25) is 0 Å². The highest BCUT2D eigenvalue weighted by Crippen LogP contribution is 2.37. The van der Waals surface area contributed by atoms with Gasteiger partial charge in [0.2, 0.25) is 0 Å². The van der Waals surface area contributed by atoms with E-state index in [0.717, 1.165) is 44.5 Å². The molecule has 0 fully saturated rings. The van der Waals surface area contributed by atoms with E-state index >= 15 is 0 Å². The molecule has 9 rings (SSSR count). The summed E-state index contributed by atoms with van der Waals surface area (Å²) in [5, 5.41) is 8.34. The molecular weight excluding hydrogens is 605 g/mol. The van der Waals surface area contributed by atoms with E-state index < -0.39 is 0 Å². The Hall–Kier alpha value is -6.64. The maximum atomic E-state index is 4.35. The summed E-state index contributed by atoms with van der Waals surface area (Å²) in [5.74, 6) is 0. The Morgan fingerprint density at radius 3 is 1.44 bits per heavy atom. The maximum Gasteiger partial charge on any atom is 0.0547 e. The molecule has 0 bridgehead atoms. The first-order valence-electron chi connectivity index (χ1n) is 17.0. The summed E-state index contributed by atoms with van der Waals surface area (Å²) >= 11 is 0. The minimum atomic E-state index is 0.981. The van der Waals surface area contributed by atoms with Crippen molar-refractivity contribution < 1.29 is 0 Å². The second-order valence-corrected chi connectivity index (χ2v) is 12.6. The smallest absolute Gasteiger partial charge is 0.0547 e. The summed E-state index contributed by atoms with van der Waals surface area (Å²) in [7, 11) is 0. The van der Waals surface area contributed by atoms with Crippen molar-refractivity contribution in [3.63, 3.8) is 0 Å². The Labute approximate surface area is 291 Å². The first kappa shape index (κ1) is 29.5. The first-order valence-corrected chi connectivity index (χ1v) is 17.0. The van der Waals surface area contributed by atoms with Crippen LogP contribution in [0.5, 0.6) is 0 Å². The topological polar surface area (TPSA) is 9.86 Å². The second kappa shape index (κ2) is 12.1. The zero-order valence-electron chi connectivity index (χ0n) is 27.6. The highest BCUT2D eigenvalue weighted by Gasteiger charge is 2.15. The Morgan fingerprint density at radius 1 is 0.340 bits per heavy atom. The molecule has 236 valence electrons. The van der Waals surface area contributed by atoms with Gasteiger partial charge in [-0.15, -0.1) is 0 Å². The van der Waals surface area contributed by atoms with E-state index in [4.69, 9.17) is 0 Å². The second-order valence-electron chi connectivity index (χ2n) is 12.6. The van der Waals surface area contributed by atoms with Gasteiger partial charge in [0.15, 0.2) is 0 Å². The number of hydrogen-bond acceptors (Lipinski definition) is 0. The van der Waals surface area contributed by atoms with Gasteiger partial charge in [-0.1, -0.05) is 147 Å². The summed E-state index contributed by atoms with van der Waals surface area (Å²) in [5.41, 5.74) is 10.0. The number of fused-ring (bicyclic) bond motifs is 8. The molecular formula is C48H34N2. The van der Waals surface area contributed by atoms with E-state index in [1.54, 1.807) is 0 Å². The normalized spacial score (nSPS) is 11.4. The molecule has 0 aliphatic heterocycles. The highest BCUT2D eigenvalue weighted by atomic mass is 15.0. The van der Waals surface area contributed by atoms with Gasteiger partial charge in [-0.25, -0.2) is 0 Å². The van der Waals surface area contributed by atoms with Gasteiger partial charge >= 0.3 is 0 Å². The number of aromatic nitrogens is 2. The number of rotatable bonds is 5. The molecule has 0 atom stereocenters. The van der Waals surface area contributed by atoms with E-state index in [1.807, 2.05) is 12.2 Å². The summed E-state index contributed by atoms with van der Waals surface area (Å²) in [4.78, 5) is 0. The molecule has 0 saturated carbocycles. The van der Waals surface area contributed by atoms with Crippen LogP contribution in [0, 0.1) is 0 Å². The molecule has 2 aromatic heterocycles. The van der Waals surface area contributed by atoms with Gasteiger partial charge in [0.25, 0.3) is 0 Å². The third-order valence-electron chi connectivity index (χ3n) is 9.93. The van der Waals surface area contributed by atoms with Crippen molar-refractivity contribution in [1.29, 1.82) is 0 Å². The van der Waals surface area contributed by atoms with Crippen molar-refractivity contribution in [3.05, 3.63) is 194 Å². The molecule has 0 spiro atoms. The minimum Gasteiger partial charge on any atom is -0.309 e. The van der Waals surface area contributed by atoms with Gasteiger partial charge in [0, 0.05) is 33.1 Å². The molecule has 0 saturated heterocycles. The average molecular weight is 639 g/mol. The average Bonchev–Trinajstić information content (AvgIpc) is 3.53. The van der Waals surface area contributed by atoms with Gasteiger partial charge < -0.3 is 9.13 Å². The fraction of sp³-hybridized carbons (Fsp3) is 0. The predicted octanol–water partition coefficient (Wildman–Crippen LogP) is 13.1. The van der Waals surface area contributed by atoms with E-state index in [2.05, 4.69) is 192 Å². The lowest BCUT2D eigenvalue weighted by Gasteiger charge is -2.16. The Kier molecular flexibility index (Phi) is 7.14. The van der Waals surface area contributed by atoms with Gasteiger partial charge in [-0.2, -0.15) is 0 Å². The van der Waals surface area contributed by atoms with Crippen LogP contribution in [0.2, 0.25) is 0 Å². The van der Waals surface area contributed by atoms with Crippen molar-refractivity contribution >= 4 is 66.4 Å². The lowest BCUT2D eigenvalue weighted by molar-refractivity contribution is 1.09. The van der Waals surface area contributed by atoms with Crippen LogP contribution < -0.4 is 0 Å². The third-order valence-corrected chi connectivity index (χ3v) is 9.93. The number of nitrogens with zero attached hydrogens (tertiary/aromatic N) is 2. The quantitative estimate of drug-likeness (QED) is 0.178. The zero-order valence-corrected chi connectivity index (χ0v) is 27.6. The summed E-state index contributed by atoms with van der Waals surface area (Å²) in [6, 6.07) is 61.0. The van der Waals surface area contributed by atoms with Crippen LogP contribution in [0.15, 0.2) is 183 Å². The summed E-state index contributed by atoms with van der Waals surface area (Å²) in [6.45, 7) is 8.67. The van der Waals surface area contributed by atoms with E-state index in [0.29, 0.717) is 0 Å². The van der Waals surface area contributed by atoms with E-state index in [1.165, 1.54) is 43.5 Å². The molecule has 0 aliphatic carbocycles. The molecule has 0 unspecified atom stereocenters. The molecule has 0 radical (unpaired) electrons. The molecule has 0 aliphatic rings. The standard InChI is InChI=1S/C48H34N2/c1-3-37-38-18-8-9-19-39(38)40-20-10-11-21-41(40)42-22-12-14-24-46(42)49(45(37)4-2)36-29-26-33(27-30-36)34-28-31-44-43-23-13-15-25-47(43)50(48(44)32-34)35-16-6-5-7-17-35/h3-32H,1-2H2. The lowest BCUT2D eigenvalue weighted by Crippen LogP contribution is -2.02. The summed E-state index contributed by atoms with van der Waals surface area (Å²) in [6.07, 6.45) is 3.93. The van der Waals surface area contributed by atoms with Gasteiger partial charge in [0.05, 0.1) is 22.2 Å². The number of benzene rings is 7. The molecule has 0 amide bonds. The van der Waals surface area contributed by atoms with Crippen molar-refractivity contribution in [2.45, 2.75) is 0 Å². The fourth-order valence-corrected chi connectivity index (χ4v) is 7.69. The van der Waals surface area contributed by atoms with Gasteiger partial charge in [-0.05, 0) is 81.2 Å². The third kappa shape index (κ3) is 4.65. The van der Waals surface area contributed by atoms with Crippen LogP contribution in [0.25, 0.3) is 88.9 Å². The van der Waals surface area contributed by atoms with Crippen molar-refractivity contribution in [1.82, 2.24) is 9.13 Å². The minimum absolute atomic E-state index is 0.981. The SMILES string of the molecule is C=Cc1c(C=C)n(-c2ccc(-c3ccc4c5ccccc5n(-c5ccccc5)c4c3)cc2)c2ccccc2c2ccccc2c2ccccc12. The van der Waals surface area contributed by atoms with Crippen molar-refractivity contribution in [2.24, 2.45) is 0 Å². The van der Waals surface area contributed by atoms with Crippen LogP contribution in [0.4, 0.5) is 0 Å². The Bertz CT molecular complexity index is 2830. The molecule has 2 heterocycles. The van der Waals surface area contributed by atoms with Crippen LogP contribution >= 0.6 is 0 Å². The van der Waals surface area contributed by atoms with Gasteiger partial charge in [0.1, 0.15) is 0 Å². The van der Waals surface area contributed by atoms with Crippen LogP contribution in [-0.2, 0) is 0 Å². The number of para-hydroxylation sites is 3. The Balaban J connectivity index is 1.30.